The summed E-state index contributed by atoms with van der Waals surface area (Å²) in [5.41, 5.74) is 1.37. The van der Waals surface area contributed by atoms with Gasteiger partial charge in [-0.05, 0) is 69.3 Å². The average Bonchev–Trinajstić information content (AvgIpc) is 2.46. The molecule has 0 radical (unpaired) electrons. The van der Waals surface area contributed by atoms with Crippen LogP contribution in [-0.2, 0) is 0 Å². The quantitative estimate of drug-likeness (QED) is 0.787. The van der Waals surface area contributed by atoms with Crippen LogP contribution in [0.25, 0.3) is 0 Å². The number of halogens is 2. The van der Waals surface area contributed by atoms with Crippen molar-refractivity contribution in [1.82, 2.24) is 5.32 Å². The summed E-state index contributed by atoms with van der Waals surface area (Å²) in [4.78, 5) is 0. The first-order chi connectivity index (χ1) is 7.04. The maximum absolute atomic E-state index is 3.61. The zero-order valence-corrected chi connectivity index (χ0v) is 13.3. The Morgan fingerprint density at radius 2 is 2.00 bits per heavy atom. The van der Waals surface area contributed by atoms with Gasteiger partial charge in [-0.3, -0.25) is 0 Å². The largest absolute Gasteiger partial charge is 0.313 e. The highest BCUT2D eigenvalue weighted by atomic mass is 79.9. The second-order valence-corrected chi connectivity index (χ2v) is 7.84. The normalized spacial score (nSPS) is 13.5. The fraction of sp³-hybridized carbons (Fsp3) is 0.636. The molecular formula is C11H17Br2NS. The van der Waals surface area contributed by atoms with E-state index in [1.165, 1.54) is 26.0 Å². The van der Waals surface area contributed by atoms with Gasteiger partial charge in [0.05, 0.1) is 7.57 Å². The minimum Gasteiger partial charge on any atom is -0.313 e. The summed E-state index contributed by atoms with van der Waals surface area (Å²) in [6.45, 7) is 4.54. The maximum Gasteiger partial charge on any atom is 0.0758 e. The van der Waals surface area contributed by atoms with Crippen LogP contribution >= 0.6 is 43.2 Å². The third kappa shape index (κ3) is 4.17. The average molecular weight is 355 g/mol. The molecule has 0 aliphatic rings. The monoisotopic (exact) mass is 353 g/mol. The Kier molecular flexibility index (Phi) is 5.82. The second-order valence-electron chi connectivity index (χ2n) is 4.09. The minimum atomic E-state index is 0.462. The third-order valence-electron chi connectivity index (χ3n) is 2.44. The molecule has 1 heterocycles. The lowest BCUT2D eigenvalue weighted by atomic mass is 10.00. The number of rotatable bonds is 5. The van der Waals surface area contributed by atoms with E-state index in [2.05, 4.69) is 57.1 Å². The Bertz CT molecular complexity index is 310. The van der Waals surface area contributed by atoms with Crippen LogP contribution < -0.4 is 5.32 Å². The van der Waals surface area contributed by atoms with Gasteiger partial charge in [0.25, 0.3) is 0 Å². The van der Waals surface area contributed by atoms with E-state index in [-0.39, 0.29) is 0 Å². The Labute approximate surface area is 113 Å². The van der Waals surface area contributed by atoms with Crippen LogP contribution in [0.15, 0.2) is 13.6 Å². The van der Waals surface area contributed by atoms with E-state index < -0.39 is 0 Å². The van der Waals surface area contributed by atoms with Crippen molar-refractivity contribution < 1.29 is 0 Å². The molecule has 0 amide bonds. The van der Waals surface area contributed by atoms with Crippen molar-refractivity contribution in [2.45, 2.75) is 32.7 Å². The van der Waals surface area contributed by atoms with E-state index in [1.54, 1.807) is 11.3 Å². The molecule has 0 fully saturated rings. The zero-order chi connectivity index (χ0) is 11.4. The molecule has 1 unspecified atom stereocenters. The molecule has 0 aliphatic carbocycles. The van der Waals surface area contributed by atoms with Gasteiger partial charge in [0.1, 0.15) is 0 Å². The standard InChI is InChI=1S/C11H17Br2NS/c1-7(2)4-5-9(14-3)8-6-10(12)15-11(8)13/h6-7,9,14H,4-5H2,1-3H3. The van der Waals surface area contributed by atoms with Gasteiger partial charge >= 0.3 is 0 Å². The van der Waals surface area contributed by atoms with Crippen molar-refractivity contribution in [2.75, 3.05) is 7.05 Å². The Hall–Kier alpha value is 0.620. The summed E-state index contributed by atoms with van der Waals surface area (Å²) in [5.74, 6) is 0.765. The number of hydrogen-bond acceptors (Lipinski definition) is 2. The van der Waals surface area contributed by atoms with E-state index in [4.69, 9.17) is 0 Å². The lowest BCUT2D eigenvalue weighted by Crippen LogP contribution is -2.16. The second kappa shape index (κ2) is 6.38. The van der Waals surface area contributed by atoms with Gasteiger partial charge in [-0.2, -0.15) is 0 Å². The number of nitrogens with one attached hydrogen (secondary N) is 1. The van der Waals surface area contributed by atoms with Gasteiger partial charge in [0.2, 0.25) is 0 Å². The van der Waals surface area contributed by atoms with Crippen molar-refractivity contribution in [3.8, 4) is 0 Å². The molecule has 1 rings (SSSR count). The van der Waals surface area contributed by atoms with E-state index in [1.807, 2.05) is 7.05 Å². The van der Waals surface area contributed by atoms with E-state index in [0.717, 1.165) is 5.92 Å². The summed E-state index contributed by atoms with van der Waals surface area (Å²) in [7, 11) is 2.03. The summed E-state index contributed by atoms with van der Waals surface area (Å²) in [5, 5.41) is 3.38. The summed E-state index contributed by atoms with van der Waals surface area (Å²) < 4.78 is 2.42. The molecule has 0 saturated heterocycles. The van der Waals surface area contributed by atoms with Crippen LogP contribution in [0.2, 0.25) is 0 Å². The predicted octanol–water partition coefficient (Wildman–Crippen LogP) is 4.97. The molecule has 1 atom stereocenters. The van der Waals surface area contributed by atoms with Gasteiger partial charge in [0.15, 0.2) is 0 Å². The molecular weight excluding hydrogens is 338 g/mol. The predicted molar refractivity (Wildman–Crippen MR) is 75.6 cm³/mol. The van der Waals surface area contributed by atoms with Gasteiger partial charge in [-0.15, -0.1) is 11.3 Å². The molecule has 0 aromatic carbocycles. The number of thiophene rings is 1. The van der Waals surface area contributed by atoms with E-state index in [0.29, 0.717) is 6.04 Å². The van der Waals surface area contributed by atoms with Crippen LogP contribution in [0, 0.1) is 5.92 Å². The summed E-state index contributed by atoms with van der Waals surface area (Å²) in [6.07, 6.45) is 2.45. The van der Waals surface area contributed by atoms with Crippen LogP contribution in [0.4, 0.5) is 0 Å². The van der Waals surface area contributed by atoms with Gasteiger partial charge in [-0.25, -0.2) is 0 Å². The van der Waals surface area contributed by atoms with Gasteiger partial charge in [0, 0.05) is 6.04 Å². The first-order valence-corrected chi connectivity index (χ1v) is 7.56. The molecule has 86 valence electrons. The van der Waals surface area contributed by atoms with Crippen molar-refractivity contribution in [3.63, 3.8) is 0 Å². The highest BCUT2D eigenvalue weighted by Gasteiger charge is 2.15. The maximum atomic E-state index is 3.61. The fourth-order valence-electron chi connectivity index (χ4n) is 1.55. The Balaban J connectivity index is 2.69. The molecule has 0 spiro atoms. The minimum absolute atomic E-state index is 0.462. The van der Waals surface area contributed by atoms with E-state index >= 15 is 0 Å². The van der Waals surface area contributed by atoms with Crippen LogP contribution in [0.5, 0.6) is 0 Å². The van der Waals surface area contributed by atoms with Gasteiger partial charge < -0.3 is 5.32 Å². The first-order valence-electron chi connectivity index (χ1n) is 5.16. The Morgan fingerprint density at radius 1 is 1.33 bits per heavy atom. The van der Waals surface area contributed by atoms with Crippen molar-refractivity contribution in [1.29, 1.82) is 0 Å². The lowest BCUT2D eigenvalue weighted by Gasteiger charge is -2.16. The molecule has 1 aromatic heterocycles. The Morgan fingerprint density at radius 3 is 2.40 bits per heavy atom. The summed E-state index contributed by atoms with van der Waals surface area (Å²) in [6, 6.07) is 2.67. The smallest absolute Gasteiger partial charge is 0.0758 e. The van der Waals surface area contributed by atoms with Crippen molar-refractivity contribution >= 4 is 43.2 Å². The molecule has 0 aliphatic heterocycles. The lowest BCUT2D eigenvalue weighted by molar-refractivity contribution is 0.465. The van der Waals surface area contributed by atoms with Gasteiger partial charge in [-0.1, -0.05) is 13.8 Å². The SMILES string of the molecule is CNC(CCC(C)C)c1cc(Br)sc1Br. The van der Waals surface area contributed by atoms with Crippen molar-refractivity contribution in [3.05, 3.63) is 19.2 Å². The molecule has 0 bridgehead atoms. The molecule has 4 heteroatoms. The fourth-order valence-corrected chi connectivity index (χ4v) is 4.52. The summed E-state index contributed by atoms with van der Waals surface area (Å²) >= 11 is 8.88. The van der Waals surface area contributed by atoms with Crippen LogP contribution in [-0.4, -0.2) is 7.05 Å². The molecule has 1 aromatic rings. The van der Waals surface area contributed by atoms with Crippen LogP contribution in [0.1, 0.15) is 38.3 Å². The number of hydrogen-bond donors (Lipinski definition) is 1. The molecule has 0 saturated carbocycles. The topological polar surface area (TPSA) is 12.0 Å². The van der Waals surface area contributed by atoms with Crippen molar-refractivity contribution in [2.24, 2.45) is 5.92 Å². The zero-order valence-electron chi connectivity index (χ0n) is 9.31. The first kappa shape index (κ1) is 13.7. The highest BCUT2D eigenvalue weighted by molar-refractivity contribution is 9.12. The molecule has 1 nitrogen and oxygen atoms in total. The molecule has 15 heavy (non-hydrogen) atoms. The molecule has 1 N–H and O–H groups in total. The third-order valence-corrected chi connectivity index (χ3v) is 4.83. The van der Waals surface area contributed by atoms with Crippen LogP contribution in [0.3, 0.4) is 0 Å². The van der Waals surface area contributed by atoms with E-state index in [9.17, 15) is 0 Å². The highest BCUT2D eigenvalue weighted by Crippen LogP contribution is 2.37.